The minimum Gasteiger partial charge on any atom is -0.304 e. The fraction of sp³-hybridized carbons (Fsp3) is 0.286. The van der Waals surface area contributed by atoms with Crippen molar-refractivity contribution in [3.8, 4) is 0 Å². The Morgan fingerprint density at radius 2 is 2.15 bits per heavy atom. The summed E-state index contributed by atoms with van der Waals surface area (Å²) in [6, 6.07) is 6.03. The van der Waals surface area contributed by atoms with E-state index in [-0.39, 0.29) is 6.04 Å². The Morgan fingerprint density at radius 3 is 2.80 bits per heavy atom. The van der Waals surface area contributed by atoms with Gasteiger partial charge in [0.25, 0.3) is 0 Å². The van der Waals surface area contributed by atoms with Crippen LogP contribution in [-0.4, -0.2) is 14.5 Å². The summed E-state index contributed by atoms with van der Waals surface area (Å²) in [5, 5.41) is 0. The van der Waals surface area contributed by atoms with Crippen LogP contribution in [-0.2, 0) is 5.88 Å². The first-order chi connectivity index (χ1) is 9.61. The van der Waals surface area contributed by atoms with Gasteiger partial charge in [0.05, 0.1) is 16.3 Å². The first-order valence-corrected chi connectivity index (χ1v) is 7.98. The van der Waals surface area contributed by atoms with Gasteiger partial charge in [-0.2, -0.15) is 0 Å². The summed E-state index contributed by atoms with van der Waals surface area (Å²) in [4.78, 5) is 10.3. The number of rotatable bonds is 3. The smallest absolute Gasteiger partial charge is 0.160 e. The second-order valence-corrected chi connectivity index (χ2v) is 6.66. The number of fused-ring (bicyclic) bond motifs is 1. The highest BCUT2D eigenvalue weighted by Crippen LogP contribution is 2.32. The van der Waals surface area contributed by atoms with Gasteiger partial charge in [-0.05, 0) is 37.6 Å². The van der Waals surface area contributed by atoms with Crippen LogP contribution in [0.1, 0.15) is 29.2 Å². The fourth-order valence-corrected chi connectivity index (χ4v) is 3.63. The summed E-state index contributed by atoms with van der Waals surface area (Å²) in [7, 11) is 0. The number of hydrogen-bond donors (Lipinski definition) is 0. The minimum atomic E-state index is 0.112. The van der Waals surface area contributed by atoms with Crippen LogP contribution >= 0.6 is 34.5 Å². The van der Waals surface area contributed by atoms with Crippen LogP contribution in [0, 0.1) is 6.92 Å². The number of alkyl halides is 1. The van der Waals surface area contributed by atoms with Crippen LogP contribution in [0.15, 0.2) is 24.4 Å². The average molecular weight is 326 g/mol. The molecule has 3 heterocycles. The van der Waals surface area contributed by atoms with Crippen molar-refractivity contribution in [2.75, 3.05) is 0 Å². The van der Waals surface area contributed by atoms with Gasteiger partial charge in [0.1, 0.15) is 11.3 Å². The van der Waals surface area contributed by atoms with Crippen LogP contribution in [0.5, 0.6) is 0 Å². The average Bonchev–Trinajstić information content (AvgIpc) is 3.02. The standard InChI is InChI=1S/C14H13Cl2N3S/c1-8-5-6-17-14-13(8)18-12(7-15)19(14)9(2)10-3-4-11(16)20-10/h3-6,9H,7H2,1-2H3. The molecule has 3 rings (SSSR count). The van der Waals surface area contributed by atoms with Gasteiger partial charge in [-0.1, -0.05) is 11.6 Å². The molecule has 0 N–H and O–H groups in total. The molecule has 0 aliphatic heterocycles. The van der Waals surface area contributed by atoms with Crippen LogP contribution in [0.3, 0.4) is 0 Å². The summed E-state index contributed by atoms with van der Waals surface area (Å²) >= 11 is 13.7. The second kappa shape index (κ2) is 5.35. The minimum absolute atomic E-state index is 0.112. The molecule has 0 bridgehead atoms. The Labute approximate surface area is 131 Å². The van der Waals surface area contributed by atoms with Gasteiger partial charge >= 0.3 is 0 Å². The molecular formula is C14H13Cl2N3S. The lowest BCUT2D eigenvalue weighted by molar-refractivity contribution is 0.639. The Morgan fingerprint density at radius 1 is 1.35 bits per heavy atom. The highest BCUT2D eigenvalue weighted by Gasteiger charge is 2.19. The molecule has 0 fully saturated rings. The SMILES string of the molecule is Cc1ccnc2c1nc(CCl)n2C(C)c1ccc(Cl)s1. The van der Waals surface area contributed by atoms with E-state index >= 15 is 0 Å². The number of pyridine rings is 1. The Hall–Kier alpha value is -1.10. The zero-order chi connectivity index (χ0) is 14.3. The number of hydrogen-bond acceptors (Lipinski definition) is 3. The number of imidazole rings is 1. The highest BCUT2D eigenvalue weighted by molar-refractivity contribution is 7.16. The normalized spacial score (nSPS) is 13.0. The first-order valence-electron chi connectivity index (χ1n) is 6.25. The molecule has 0 aromatic carbocycles. The van der Waals surface area contributed by atoms with Crippen LogP contribution in [0.25, 0.3) is 11.2 Å². The molecule has 0 amide bonds. The largest absolute Gasteiger partial charge is 0.304 e. The molecule has 0 aliphatic carbocycles. The van der Waals surface area contributed by atoms with E-state index in [4.69, 9.17) is 23.2 Å². The molecule has 20 heavy (non-hydrogen) atoms. The van der Waals surface area contributed by atoms with Crippen molar-refractivity contribution < 1.29 is 0 Å². The van der Waals surface area contributed by atoms with Crippen LogP contribution in [0.4, 0.5) is 0 Å². The molecule has 0 aliphatic rings. The van der Waals surface area contributed by atoms with Crippen molar-refractivity contribution >= 4 is 45.7 Å². The molecule has 104 valence electrons. The quantitative estimate of drug-likeness (QED) is 0.647. The third kappa shape index (κ3) is 2.22. The number of halogens is 2. The van der Waals surface area contributed by atoms with E-state index in [0.29, 0.717) is 5.88 Å². The maximum atomic E-state index is 6.06. The molecule has 3 aromatic rings. The number of aromatic nitrogens is 3. The topological polar surface area (TPSA) is 30.7 Å². The third-order valence-corrected chi connectivity index (χ3v) is 5.01. The van der Waals surface area contributed by atoms with Crippen molar-refractivity contribution in [1.29, 1.82) is 0 Å². The van der Waals surface area contributed by atoms with Gasteiger partial charge in [-0.15, -0.1) is 22.9 Å². The zero-order valence-electron chi connectivity index (χ0n) is 11.1. The van der Waals surface area contributed by atoms with Gasteiger partial charge < -0.3 is 4.57 Å². The van der Waals surface area contributed by atoms with E-state index < -0.39 is 0 Å². The summed E-state index contributed by atoms with van der Waals surface area (Å²) in [6.45, 7) is 4.15. The van der Waals surface area contributed by atoms with Crippen LogP contribution in [0.2, 0.25) is 4.34 Å². The predicted molar refractivity (Wildman–Crippen MR) is 85.0 cm³/mol. The summed E-state index contributed by atoms with van der Waals surface area (Å²) in [5.74, 6) is 1.19. The van der Waals surface area contributed by atoms with Crippen molar-refractivity contribution in [2.24, 2.45) is 0 Å². The van der Waals surface area contributed by atoms with E-state index in [1.165, 1.54) is 4.88 Å². The summed E-state index contributed by atoms with van der Waals surface area (Å²) in [5.41, 5.74) is 2.90. The molecule has 0 saturated carbocycles. The molecule has 3 nitrogen and oxygen atoms in total. The van der Waals surface area contributed by atoms with Gasteiger partial charge in [0, 0.05) is 11.1 Å². The van der Waals surface area contributed by atoms with Gasteiger partial charge in [0.15, 0.2) is 5.65 Å². The van der Waals surface area contributed by atoms with E-state index in [1.807, 2.05) is 31.3 Å². The predicted octanol–water partition coefficient (Wildman–Crippen LogP) is 4.80. The lowest BCUT2D eigenvalue weighted by Gasteiger charge is -2.14. The maximum absolute atomic E-state index is 6.06. The van der Waals surface area contributed by atoms with E-state index in [0.717, 1.165) is 26.9 Å². The Kier molecular flexibility index (Phi) is 3.71. The molecule has 6 heteroatoms. The van der Waals surface area contributed by atoms with Gasteiger partial charge in [0.2, 0.25) is 0 Å². The van der Waals surface area contributed by atoms with Crippen molar-refractivity contribution in [1.82, 2.24) is 14.5 Å². The molecule has 1 atom stereocenters. The van der Waals surface area contributed by atoms with Crippen molar-refractivity contribution in [3.63, 3.8) is 0 Å². The van der Waals surface area contributed by atoms with Crippen LogP contribution < -0.4 is 0 Å². The van der Waals surface area contributed by atoms with Crippen molar-refractivity contribution in [3.05, 3.63) is 45.0 Å². The van der Waals surface area contributed by atoms with Gasteiger partial charge in [-0.3, -0.25) is 0 Å². The third-order valence-electron chi connectivity index (χ3n) is 3.37. The van der Waals surface area contributed by atoms with E-state index in [1.54, 1.807) is 11.3 Å². The number of thiophene rings is 1. The highest BCUT2D eigenvalue weighted by atomic mass is 35.5. The summed E-state index contributed by atoms with van der Waals surface area (Å²) in [6.07, 6.45) is 1.81. The molecule has 0 radical (unpaired) electrons. The summed E-state index contributed by atoms with van der Waals surface area (Å²) < 4.78 is 2.88. The molecule has 0 saturated heterocycles. The van der Waals surface area contributed by atoms with Crippen molar-refractivity contribution in [2.45, 2.75) is 25.8 Å². The molecule has 1 unspecified atom stereocenters. The first kappa shape index (κ1) is 13.9. The van der Waals surface area contributed by atoms with Gasteiger partial charge in [-0.25, -0.2) is 9.97 Å². The van der Waals surface area contributed by atoms with E-state index in [2.05, 4.69) is 21.5 Å². The Balaban J connectivity index is 2.21. The molecule has 3 aromatic heterocycles. The number of nitrogens with zero attached hydrogens (tertiary/aromatic N) is 3. The fourth-order valence-electron chi connectivity index (χ4n) is 2.34. The monoisotopic (exact) mass is 325 g/mol. The maximum Gasteiger partial charge on any atom is 0.160 e. The lowest BCUT2D eigenvalue weighted by Crippen LogP contribution is -2.09. The Bertz CT molecular complexity index is 763. The molecule has 0 spiro atoms. The number of aryl methyl sites for hydroxylation is 1. The second-order valence-electron chi connectivity index (χ2n) is 4.65. The van der Waals surface area contributed by atoms with E-state index in [9.17, 15) is 0 Å². The zero-order valence-corrected chi connectivity index (χ0v) is 13.4. The molecular weight excluding hydrogens is 313 g/mol. The lowest BCUT2D eigenvalue weighted by atomic mass is 10.2.